The molecule has 0 atom stereocenters. The first-order valence-corrected chi connectivity index (χ1v) is 7.73. The van der Waals surface area contributed by atoms with E-state index in [0.717, 1.165) is 49.2 Å². The SMILES string of the molecule is CN(C)CCCNC(=S)N1CCn2c1nc1ccccc12. The normalized spacial score (nSPS) is 14.0. The molecule has 0 saturated carbocycles. The number of nitrogens with zero attached hydrogens (tertiary/aromatic N) is 4. The highest BCUT2D eigenvalue weighted by atomic mass is 32.1. The number of imidazole rings is 1. The zero-order chi connectivity index (χ0) is 14.8. The molecule has 0 fully saturated rings. The zero-order valence-electron chi connectivity index (χ0n) is 12.5. The van der Waals surface area contributed by atoms with E-state index in [4.69, 9.17) is 17.2 Å². The second-order valence-electron chi connectivity index (χ2n) is 5.59. The van der Waals surface area contributed by atoms with Crippen molar-refractivity contribution in [2.24, 2.45) is 0 Å². The van der Waals surface area contributed by atoms with Gasteiger partial charge in [-0.3, -0.25) is 4.90 Å². The summed E-state index contributed by atoms with van der Waals surface area (Å²) in [4.78, 5) is 8.99. The van der Waals surface area contributed by atoms with E-state index in [1.165, 1.54) is 5.52 Å². The minimum atomic E-state index is 0.780. The zero-order valence-corrected chi connectivity index (χ0v) is 13.4. The molecule has 0 saturated heterocycles. The van der Waals surface area contributed by atoms with Crippen LogP contribution in [0.2, 0.25) is 0 Å². The maximum Gasteiger partial charge on any atom is 0.213 e. The molecule has 6 heteroatoms. The van der Waals surface area contributed by atoms with Crippen molar-refractivity contribution in [3.63, 3.8) is 0 Å². The van der Waals surface area contributed by atoms with Gasteiger partial charge in [-0.15, -0.1) is 0 Å². The Kier molecular flexibility index (Phi) is 4.07. The third-order valence-electron chi connectivity index (χ3n) is 3.73. The van der Waals surface area contributed by atoms with Gasteiger partial charge >= 0.3 is 0 Å². The molecule has 5 nitrogen and oxygen atoms in total. The highest BCUT2D eigenvalue weighted by molar-refractivity contribution is 7.80. The number of rotatable bonds is 4. The van der Waals surface area contributed by atoms with Crippen LogP contribution in [0.15, 0.2) is 24.3 Å². The van der Waals surface area contributed by atoms with Crippen molar-refractivity contribution < 1.29 is 0 Å². The van der Waals surface area contributed by atoms with Gasteiger partial charge in [0.1, 0.15) is 0 Å². The van der Waals surface area contributed by atoms with Crippen LogP contribution in [0.1, 0.15) is 6.42 Å². The molecule has 0 unspecified atom stereocenters. The molecular formula is C15H21N5S. The molecule has 3 rings (SSSR count). The summed E-state index contributed by atoms with van der Waals surface area (Å²) in [5.74, 6) is 0.960. The Labute approximate surface area is 130 Å². The molecule has 1 aliphatic heterocycles. The van der Waals surface area contributed by atoms with Crippen molar-refractivity contribution >= 4 is 34.3 Å². The van der Waals surface area contributed by atoms with Crippen molar-refractivity contribution in [2.75, 3.05) is 38.6 Å². The first-order valence-electron chi connectivity index (χ1n) is 7.32. The maximum atomic E-state index is 5.52. The van der Waals surface area contributed by atoms with Crippen molar-refractivity contribution in [2.45, 2.75) is 13.0 Å². The molecule has 112 valence electrons. The first kappa shape index (κ1) is 14.3. The van der Waals surface area contributed by atoms with Crippen LogP contribution in [-0.2, 0) is 6.54 Å². The molecule has 1 aromatic carbocycles. The van der Waals surface area contributed by atoms with Gasteiger partial charge in [0.2, 0.25) is 5.95 Å². The van der Waals surface area contributed by atoms with Gasteiger partial charge in [-0.1, -0.05) is 12.1 Å². The molecule has 2 aromatic rings. The number of hydrogen-bond donors (Lipinski definition) is 1. The molecule has 1 aliphatic rings. The fourth-order valence-electron chi connectivity index (χ4n) is 2.67. The van der Waals surface area contributed by atoms with E-state index in [1.807, 2.05) is 12.1 Å². The number of fused-ring (bicyclic) bond motifs is 3. The maximum absolute atomic E-state index is 5.52. The molecule has 1 aromatic heterocycles. The Bertz CT molecular complexity index is 649. The number of aromatic nitrogens is 2. The highest BCUT2D eigenvalue weighted by Crippen LogP contribution is 2.26. The molecule has 21 heavy (non-hydrogen) atoms. The smallest absolute Gasteiger partial charge is 0.213 e. The first-order chi connectivity index (χ1) is 10.2. The summed E-state index contributed by atoms with van der Waals surface area (Å²) in [6, 6.07) is 8.24. The van der Waals surface area contributed by atoms with Crippen LogP contribution in [0.4, 0.5) is 5.95 Å². The molecular weight excluding hydrogens is 282 g/mol. The average molecular weight is 303 g/mol. The topological polar surface area (TPSA) is 36.3 Å². The predicted molar refractivity (Wildman–Crippen MR) is 90.9 cm³/mol. The summed E-state index contributed by atoms with van der Waals surface area (Å²) in [5.41, 5.74) is 2.22. The van der Waals surface area contributed by atoms with Crippen molar-refractivity contribution in [3.8, 4) is 0 Å². The van der Waals surface area contributed by atoms with Crippen LogP contribution >= 0.6 is 12.2 Å². The van der Waals surface area contributed by atoms with Crippen molar-refractivity contribution in [1.29, 1.82) is 0 Å². The van der Waals surface area contributed by atoms with E-state index in [1.54, 1.807) is 0 Å². The van der Waals surface area contributed by atoms with E-state index < -0.39 is 0 Å². The van der Waals surface area contributed by atoms with Crippen LogP contribution in [0.25, 0.3) is 11.0 Å². The molecule has 1 N–H and O–H groups in total. The lowest BCUT2D eigenvalue weighted by Gasteiger charge is -2.18. The Hall–Kier alpha value is -1.66. The molecule has 0 aliphatic carbocycles. The van der Waals surface area contributed by atoms with Gasteiger partial charge < -0.3 is 14.8 Å². The fraction of sp³-hybridized carbons (Fsp3) is 0.467. The lowest BCUT2D eigenvalue weighted by Crippen LogP contribution is -2.40. The van der Waals surface area contributed by atoms with Crippen molar-refractivity contribution in [3.05, 3.63) is 24.3 Å². The monoisotopic (exact) mass is 303 g/mol. The number of anilines is 1. The van der Waals surface area contributed by atoms with Gasteiger partial charge in [0, 0.05) is 19.6 Å². The quantitative estimate of drug-likeness (QED) is 0.687. The largest absolute Gasteiger partial charge is 0.362 e. The van der Waals surface area contributed by atoms with Gasteiger partial charge in [0.05, 0.1) is 11.0 Å². The summed E-state index contributed by atoms with van der Waals surface area (Å²) in [5, 5.41) is 4.12. The van der Waals surface area contributed by atoms with E-state index in [2.05, 4.69) is 45.9 Å². The summed E-state index contributed by atoms with van der Waals surface area (Å²) < 4.78 is 2.24. The Morgan fingerprint density at radius 1 is 1.33 bits per heavy atom. The minimum Gasteiger partial charge on any atom is -0.362 e. The van der Waals surface area contributed by atoms with E-state index in [-0.39, 0.29) is 0 Å². The Morgan fingerprint density at radius 2 is 2.14 bits per heavy atom. The summed E-state index contributed by atoms with van der Waals surface area (Å²) >= 11 is 5.52. The van der Waals surface area contributed by atoms with Gasteiger partial charge in [-0.05, 0) is 51.4 Å². The standard InChI is InChI=1S/C15H21N5S/c1-18(2)9-5-8-16-15(21)20-11-10-19-13-7-4-3-6-12(13)17-14(19)20/h3-4,6-7H,5,8-11H2,1-2H3,(H,16,21). The van der Waals surface area contributed by atoms with Crippen LogP contribution < -0.4 is 10.2 Å². The van der Waals surface area contributed by atoms with Crippen LogP contribution in [-0.4, -0.2) is 53.3 Å². The van der Waals surface area contributed by atoms with E-state index >= 15 is 0 Å². The fourth-order valence-corrected chi connectivity index (χ4v) is 2.94. The number of thiocarbonyl (C=S) groups is 1. The third kappa shape index (κ3) is 2.87. The van der Waals surface area contributed by atoms with Gasteiger partial charge in [-0.25, -0.2) is 4.98 Å². The Balaban J connectivity index is 1.68. The van der Waals surface area contributed by atoms with Crippen LogP contribution in [0.5, 0.6) is 0 Å². The van der Waals surface area contributed by atoms with Gasteiger partial charge in [-0.2, -0.15) is 0 Å². The second kappa shape index (κ2) is 5.99. The lowest BCUT2D eigenvalue weighted by molar-refractivity contribution is 0.400. The minimum absolute atomic E-state index is 0.780. The third-order valence-corrected chi connectivity index (χ3v) is 4.09. The number of benzene rings is 1. The molecule has 0 amide bonds. The summed E-state index contributed by atoms with van der Waals surface area (Å²) in [7, 11) is 4.17. The summed E-state index contributed by atoms with van der Waals surface area (Å²) in [6.45, 7) is 3.80. The molecule has 0 radical (unpaired) electrons. The van der Waals surface area contributed by atoms with Gasteiger partial charge in [0.15, 0.2) is 5.11 Å². The number of para-hydroxylation sites is 2. The summed E-state index contributed by atoms with van der Waals surface area (Å²) in [6.07, 6.45) is 1.08. The van der Waals surface area contributed by atoms with Gasteiger partial charge in [0.25, 0.3) is 0 Å². The molecule has 2 heterocycles. The predicted octanol–water partition coefficient (Wildman–Crippen LogP) is 1.68. The van der Waals surface area contributed by atoms with Crippen molar-refractivity contribution in [1.82, 2.24) is 19.8 Å². The Morgan fingerprint density at radius 3 is 2.95 bits per heavy atom. The highest BCUT2D eigenvalue weighted by Gasteiger charge is 2.25. The average Bonchev–Trinajstić information content (AvgIpc) is 3.01. The second-order valence-corrected chi connectivity index (χ2v) is 5.98. The lowest BCUT2D eigenvalue weighted by atomic mass is 10.3. The number of hydrogen-bond acceptors (Lipinski definition) is 3. The van der Waals surface area contributed by atoms with E-state index in [9.17, 15) is 0 Å². The number of nitrogens with one attached hydrogen (secondary N) is 1. The molecule has 0 spiro atoms. The molecule has 0 bridgehead atoms. The van der Waals surface area contributed by atoms with Crippen LogP contribution in [0.3, 0.4) is 0 Å². The van der Waals surface area contributed by atoms with Crippen LogP contribution in [0, 0.1) is 0 Å². The van der Waals surface area contributed by atoms with E-state index in [0.29, 0.717) is 0 Å².